The van der Waals surface area contributed by atoms with Crippen LogP contribution in [-0.4, -0.2) is 29.1 Å². The lowest BCUT2D eigenvalue weighted by atomic mass is 10.0. The minimum Gasteiger partial charge on any atom is -0.508 e. The van der Waals surface area contributed by atoms with Crippen molar-refractivity contribution < 1.29 is 5.11 Å². The molecule has 3 heteroatoms. The van der Waals surface area contributed by atoms with Crippen LogP contribution in [-0.2, 0) is 6.54 Å². The summed E-state index contributed by atoms with van der Waals surface area (Å²) < 4.78 is 0. The standard InChI is InChI=1S/C18H22N2O/c1-14-11-19-18(16-7-3-2-4-8-16)13-20(14)12-15-6-5-9-17(21)10-15/h2-10,14,18-19,21H,11-13H2,1H3. The molecule has 2 unspecified atom stereocenters. The van der Waals surface area contributed by atoms with Gasteiger partial charge in [0.05, 0.1) is 0 Å². The van der Waals surface area contributed by atoms with Gasteiger partial charge in [0.2, 0.25) is 0 Å². The molecule has 1 saturated heterocycles. The topological polar surface area (TPSA) is 35.5 Å². The van der Waals surface area contributed by atoms with Gasteiger partial charge in [-0.1, -0.05) is 42.5 Å². The van der Waals surface area contributed by atoms with Crippen LogP contribution in [0.15, 0.2) is 54.6 Å². The number of hydrogen-bond acceptors (Lipinski definition) is 3. The lowest BCUT2D eigenvalue weighted by Gasteiger charge is -2.39. The van der Waals surface area contributed by atoms with Crippen LogP contribution in [0.4, 0.5) is 0 Å². The maximum atomic E-state index is 9.61. The van der Waals surface area contributed by atoms with Gasteiger partial charge in [0.15, 0.2) is 0 Å². The van der Waals surface area contributed by atoms with Crippen molar-refractivity contribution in [3.8, 4) is 5.75 Å². The molecule has 0 amide bonds. The smallest absolute Gasteiger partial charge is 0.115 e. The van der Waals surface area contributed by atoms with Crippen LogP contribution < -0.4 is 5.32 Å². The summed E-state index contributed by atoms with van der Waals surface area (Å²) >= 11 is 0. The van der Waals surface area contributed by atoms with Gasteiger partial charge >= 0.3 is 0 Å². The second kappa shape index (κ2) is 6.29. The molecule has 2 aromatic rings. The van der Waals surface area contributed by atoms with Gasteiger partial charge in [-0.2, -0.15) is 0 Å². The summed E-state index contributed by atoms with van der Waals surface area (Å²) in [6.07, 6.45) is 0. The fraction of sp³-hybridized carbons (Fsp3) is 0.333. The van der Waals surface area contributed by atoms with Crippen LogP contribution in [0.1, 0.15) is 24.1 Å². The maximum Gasteiger partial charge on any atom is 0.115 e. The Labute approximate surface area is 126 Å². The Morgan fingerprint density at radius 3 is 2.71 bits per heavy atom. The van der Waals surface area contributed by atoms with Crippen molar-refractivity contribution in [1.29, 1.82) is 0 Å². The second-order valence-corrected chi connectivity index (χ2v) is 5.82. The molecule has 2 N–H and O–H groups in total. The lowest BCUT2D eigenvalue weighted by Crippen LogP contribution is -2.50. The second-order valence-electron chi connectivity index (χ2n) is 5.82. The molecule has 0 radical (unpaired) electrons. The number of rotatable bonds is 3. The fourth-order valence-electron chi connectivity index (χ4n) is 2.94. The van der Waals surface area contributed by atoms with E-state index in [9.17, 15) is 5.11 Å². The average molecular weight is 282 g/mol. The number of hydrogen-bond donors (Lipinski definition) is 2. The van der Waals surface area contributed by atoms with Crippen LogP contribution in [0.3, 0.4) is 0 Å². The van der Waals surface area contributed by atoms with Crippen molar-refractivity contribution in [2.45, 2.75) is 25.6 Å². The molecule has 1 heterocycles. The molecule has 0 aliphatic carbocycles. The highest BCUT2D eigenvalue weighted by Gasteiger charge is 2.25. The van der Waals surface area contributed by atoms with E-state index in [0.717, 1.165) is 25.2 Å². The summed E-state index contributed by atoms with van der Waals surface area (Å²) in [5.74, 6) is 0.342. The fourth-order valence-corrected chi connectivity index (χ4v) is 2.94. The van der Waals surface area contributed by atoms with Crippen molar-refractivity contribution in [2.24, 2.45) is 0 Å². The van der Waals surface area contributed by atoms with Gasteiger partial charge in [-0.15, -0.1) is 0 Å². The zero-order valence-corrected chi connectivity index (χ0v) is 12.4. The number of phenols is 1. The molecule has 3 nitrogen and oxygen atoms in total. The van der Waals surface area contributed by atoms with Crippen LogP contribution in [0.25, 0.3) is 0 Å². The average Bonchev–Trinajstić information content (AvgIpc) is 2.50. The Bertz CT molecular complexity index is 585. The minimum atomic E-state index is 0.342. The lowest BCUT2D eigenvalue weighted by molar-refractivity contribution is 0.133. The number of piperazine rings is 1. The Morgan fingerprint density at radius 2 is 1.95 bits per heavy atom. The molecule has 3 rings (SSSR count). The summed E-state index contributed by atoms with van der Waals surface area (Å²) in [6.45, 7) is 5.09. The van der Waals surface area contributed by atoms with E-state index in [0.29, 0.717) is 17.8 Å². The molecule has 0 aromatic heterocycles. The van der Waals surface area contributed by atoms with E-state index in [4.69, 9.17) is 0 Å². The van der Waals surface area contributed by atoms with E-state index in [2.05, 4.69) is 53.5 Å². The van der Waals surface area contributed by atoms with Crippen molar-refractivity contribution in [3.63, 3.8) is 0 Å². The Morgan fingerprint density at radius 1 is 1.14 bits per heavy atom. The van der Waals surface area contributed by atoms with Gasteiger partial charge in [-0.25, -0.2) is 0 Å². The number of nitrogens with one attached hydrogen (secondary N) is 1. The first-order chi connectivity index (χ1) is 10.2. The summed E-state index contributed by atoms with van der Waals surface area (Å²) in [7, 11) is 0. The van der Waals surface area contributed by atoms with Gasteiger partial charge in [0.1, 0.15) is 5.75 Å². The van der Waals surface area contributed by atoms with Gasteiger partial charge in [-0.05, 0) is 30.2 Å². The molecule has 21 heavy (non-hydrogen) atoms. The highest BCUT2D eigenvalue weighted by molar-refractivity contribution is 5.27. The minimum absolute atomic E-state index is 0.342. The van der Waals surface area contributed by atoms with E-state index >= 15 is 0 Å². The number of aromatic hydroxyl groups is 1. The summed E-state index contributed by atoms with van der Waals surface area (Å²) in [6, 6.07) is 19.0. The van der Waals surface area contributed by atoms with E-state index in [1.807, 2.05) is 12.1 Å². The molecule has 1 fully saturated rings. The van der Waals surface area contributed by atoms with E-state index in [1.165, 1.54) is 5.56 Å². The summed E-state index contributed by atoms with van der Waals surface area (Å²) in [5.41, 5.74) is 2.50. The zero-order chi connectivity index (χ0) is 14.7. The van der Waals surface area contributed by atoms with Gasteiger partial charge in [0, 0.05) is 31.7 Å². The highest BCUT2D eigenvalue weighted by atomic mass is 16.3. The van der Waals surface area contributed by atoms with E-state index < -0.39 is 0 Å². The molecule has 1 aliphatic rings. The van der Waals surface area contributed by atoms with Crippen molar-refractivity contribution >= 4 is 0 Å². The first kappa shape index (κ1) is 14.1. The first-order valence-electron chi connectivity index (χ1n) is 7.52. The monoisotopic (exact) mass is 282 g/mol. The molecule has 2 aromatic carbocycles. The van der Waals surface area contributed by atoms with Crippen LogP contribution >= 0.6 is 0 Å². The third kappa shape index (κ3) is 3.43. The van der Waals surface area contributed by atoms with Gasteiger partial charge < -0.3 is 10.4 Å². The van der Waals surface area contributed by atoms with E-state index in [-0.39, 0.29) is 0 Å². The Kier molecular flexibility index (Phi) is 4.23. The Hall–Kier alpha value is -1.84. The molecule has 1 aliphatic heterocycles. The highest BCUT2D eigenvalue weighted by Crippen LogP contribution is 2.22. The number of benzene rings is 2. The normalized spacial score (nSPS) is 23.1. The molecular formula is C18H22N2O. The maximum absolute atomic E-state index is 9.61. The predicted molar refractivity (Wildman–Crippen MR) is 85.2 cm³/mol. The van der Waals surface area contributed by atoms with Crippen molar-refractivity contribution in [3.05, 3.63) is 65.7 Å². The van der Waals surface area contributed by atoms with Crippen molar-refractivity contribution in [1.82, 2.24) is 10.2 Å². The van der Waals surface area contributed by atoms with Gasteiger partial charge in [-0.3, -0.25) is 4.90 Å². The molecule has 0 saturated carbocycles. The van der Waals surface area contributed by atoms with Crippen LogP contribution in [0.5, 0.6) is 5.75 Å². The zero-order valence-electron chi connectivity index (χ0n) is 12.4. The third-order valence-corrected chi connectivity index (χ3v) is 4.20. The molecule has 0 spiro atoms. The third-order valence-electron chi connectivity index (χ3n) is 4.20. The van der Waals surface area contributed by atoms with Gasteiger partial charge in [0.25, 0.3) is 0 Å². The number of phenolic OH excluding ortho intramolecular Hbond substituents is 1. The Balaban J connectivity index is 1.72. The van der Waals surface area contributed by atoms with Crippen LogP contribution in [0.2, 0.25) is 0 Å². The summed E-state index contributed by atoms with van der Waals surface area (Å²) in [5, 5.41) is 13.2. The molecular weight excluding hydrogens is 260 g/mol. The first-order valence-corrected chi connectivity index (χ1v) is 7.52. The molecule has 0 bridgehead atoms. The van der Waals surface area contributed by atoms with Crippen LogP contribution in [0, 0.1) is 0 Å². The molecule has 2 atom stereocenters. The SMILES string of the molecule is CC1CNC(c2ccccc2)CN1Cc1cccc(O)c1. The summed E-state index contributed by atoms with van der Waals surface area (Å²) in [4.78, 5) is 2.48. The number of nitrogens with zero attached hydrogens (tertiary/aromatic N) is 1. The quantitative estimate of drug-likeness (QED) is 0.908. The predicted octanol–water partition coefficient (Wildman–Crippen LogP) is 2.93. The largest absolute Gasteiger partial charge is 0.508 e. The molecule has 110 valence electrons. The van der Waals surface area contributed by atoms with Crippen molar-refractivity contribution in [2.75, 3.05) is 13.1 Å². The van der Waals surface area contributed by atoms with E-state index in [1.54, 1.807) is 6.07 Å².